The van der Waals surface area contributed by atoms with E-state index in [2.05, 4.69) is 15.2 Å². The van der Waals surface area contributed by atoms with E-state index in [9.17, 15) is 13.2 Å². The molecule has 1 aromatic rings. The highest BCUT2D eigenvalue weighted by Crippen LogP contribution is 2.13. The zero-order chi connectivity index (χ0) is 16.6. The number of nitrogens with one attached hydrogen (secondary N) is 1. The molecule has 22 heavy (non-hydrogen) atoms. The summed E-state index contributed by atoms with van der Waals surface area (Å²) in [5, 5.41) is 10.4. The van der Waals surface area contributed by atoms with Gasteiger partial charge in [-0.3, -0.25) is 0 Å². The number of alkyl halides is 3. The molecule has 0 radical (unpaired) electrons. The van der Waals surface area contributed by atoms with Crippen molar-refractivity contribution in [3.63, 3.8) is 0 Å². The van der Waals surface area contributed by atoms with Gasteiger partial charge in [0.15, 0.2) is 5.96 Å². The molecule has 0 atom stereocenters. The number of carboxylic acid groups (broad SMARTS) is 1. The van der Waals surface area contributed by atoms with Crippen molar-refractivity contribution in [3.05, 3.63) is 30.3 Å². The number of hydrogen-bond acceptors (Lipinski definition) is 3. The molecule has 0 aromatic heterocycles. The van der Waals surface area contributed by atoms with Crippen LogP contribution >= 0.6 is 0 Å². The van der Waals surface area contributed by atoms with Crippen molar-refractivity contribution < 1.29 is 23.1 Å². The minimum absolute atomic E-state index is 0.614. The average Bonchev–Trinajstić information content (AvgIpc) is 2.49. The molecular formula is C13H17F3N4O2. The number of hydrogen-bond donors (Lipinski definition) is 3. The number of rotatable bonds is 1. The highest BCUT2D eigenvalue weighted by molar-refractivity contribution is 5.81. The highest BCUT2D eigenvalue weighted by atomic mass is 19.4. The van der Waals surface area contributed by atoms with Crippen molar-refractivity contribution in [1.82, 2.24) is 10.2 Å². The summed E-state index contributed by atoms with van der Waals surface area (Å²) >= 11 is 0. The molecule has 1 aliphatic heterocycles. The molecule has 0 amide bonds. The maximum Gasteiger partial charge on any atom is 0.490 e. The molecule has 9 heteroatoms. The van der Waals surface area contributed by atoms with E-state index < -0.39 is 12.1 Å². The second kappa shape index (κ2) is 8.23. The third-order valence-electron chi connectivity index (χ3n) is 2.68. The summed E-state index contributed by atoms with van der Waals surface area (Å²) in [6.07, 6.45) is -5.08. The molecule has 1 saturated heterocycles. The van der Waals surface area contributed by atoms with Crippen LogP contribution in [0.4, 0.5) is 18.9 Å². The van der Waals surface area contributed by atoms with Crippen LogP contribution < -0.4 is 11.1 Å². The summed E-state index contributed by atoms with van der Waals surface area (Å²) in [6.45, 7) is 3.82. The normalized spacial score (nSPS) is 15.8. The number of nitrogens with two attached hydrogens (primary N) is 1. The standard InChI is InChI=1S/C11H16N4.C2HF3O2/c12-11(15-8-6-13-7-9-15)14-10-4-2-1-3-5-10;3-2(4,5)1(6)7/h1-5,13H,6-9H2,(H2,12,14);(H,6,7). The Morgan fingerprint density at radius 3 is 2.18 bits per heavy atom. The largest absolute Gasteiger partial charge is 0.490 e. The summed E-state index contributed by atoms with van der Waals surface area (Å²) in [4.78, 5) is 15.4. The summed E-state index contributed by atoms with van der Waals surface area (Å²) in [5.74, 6) is -2.14. The zero-order valence-electron chi connectivity index (χ0n) is 11.7. The third-order valence-corrected chi connectivity index (χ3v) is 2.68. The second-order valence-electron chi connectivity index (χ2n) is 4.35. The maximum atomic E-state index is 10.6. The molecule has 0 saturated carbocycles. The quantitative estimate of drug-likeness (QED) is 0.534. The van der Waals surface area contributed by atoms with E-state index in [4.69, 9.17) is 15.6 Å². The molecule has 1 aromatic carbocycles. The van der Waals surface area contributed by atoms with Crippen molar-refractivity contribution in [1.29, 1.82) is 0 Å². The topological polar surface area (TPSA) is 91.0 Å². The Hall–Kier alpha value is -2.29. The van der Waals surface area contributed by atoms with Crippen LogP contribution in [0.3, 0.4) is 0 Å². The second-order valence-corrected chi connectivity index (χ2v) is 4.35. The van der Waals surface area contributed by atoms with Gasteiger partial charge in [0.25, 0.3) is 0 Å². The van der Waals surface area contributed by atoms with Gasteiger partial charge in [0.05, 0.1) is 5.69 Å². The Balaban J connectivity index is 0.000000295. The van der Waals surface area contributed by atoms with E-state index >= 15 is 0 Å². The molecular weight excluding hydrogens is 301 g/mol. The predicted molar refractivity (Wildman–Crippen MR) is 75.9 cm³/mol. The molecule has 0 aliphatic carbocycles. The molecule has 4 N–H and O–H groups in total. The van der Waals surface area contributed by atoms with Crippen molar-refractivity contribution >= 4 is 17.6 Å². The molecule has 122 valence electrons. The lowest BCUT2D eigenvalue weighted by atomic mass is 10.3. The van der Waals surface area contributed by atoms with Crippen LogP contribution in [0.2, 0.25) is 0 Å². The number of carbonyl (C=O) groups is 1. The van der Waals surface area contributed by atoms with E-state index in [1.54, 1.807) is 0 Å². The Bertz CT molecular complexity index is 500. The van der Waals surface area contributed by atoms with Crippen molar-refractivity contribution in [2.75, 3.05) is 26.2 Å². The lowest BCUT2D eigenvalue weighted by molar-refractivity contribution is -0.192. The first kappa shape index (κ1) is 17.8. The number of carboxylic acids is 1. The van der Waals surface area contributed by atoms with Gasteiger partial charge >= 0.3 is 12.1 Å². The third kappa shape index (κ3) is 6.44. The van der Waals surface area contributed by atoms with Crippen molar-refractivity contribution in [2.45, 2.75) is 6.18 Å². The summed E-state index contributed by atoms with van der Waals surface area (Å²) in [7, 11) is 0. The maximum absolute atomic E-state index is 10.6. The van der Waals surface area contributed by atoms with E-state index in [1.165, 1.54) is 0 Å². The summed E-state index contributed by atoms with van der Waals surface area (Å²) in [6, 6.07) is 9.80. The summed E-state index contributed by atoms with van der Waals surface area (Å²) < 4.78 is 31.7. The lowest BCUT2D eigenvalue weighted by Gasteiger charge is -2.28. The fraction of sp³-hybridized carbons (Fsp3) is 0.385. The van der Waals surface area contributed by atoms with Crippen molar-refractivity contribution in [3.8, 4) is 0 Å². The van der Waals surface area contributed by atoms with Crippen LogP contribution in [0.25, 0.3) is 0 Å². The van der Waals surface area contributed by atoms with E-state index in [0.29, 0.717) is 5.96 Å². The van der Waals surface area contributed by atoms with Crippen LogP contribution in [0.15, 0.2) is 35.3 Å². The Kier molecular flexibility index (Phi) is 6.64. The number of piperazine rings is 1. The fourth-order valence-corrected chi connectivity index (χ4v) is 1.60. The van der Waals surface area contributed by atoms with Gasteiger partial charge in [0.2, 0.25) is 0 Å². The van der Waals surface area contributed by atoms with Gasteiger partial charge in [-0.05, 0) is 12.1 Å². The number of guanidine groups is 1. The minimum atomic E-state index is -5.08. The lowest BCUT2D eigenvalue weighted by Crippen LogP contribution is -2.49. The molecule has 0 spiro atoms. The Morgan fingerprint density at radius 2 is 1.73 bits per heavy atom. The van der Waals surface area contributed by atoms with Crippen LogP contribution in [0.5, 0.6) is 0 Å². The van der Waals surface area contributed by atoms with Gasteiger partial charge in [-0.25, -0.2) is 9.79 Å². The van der Waals surface area contributed by atoms with Crippen LogP contribution in [-0.4, -0.2) is 54.3 Å². The molecule has 1 heterocycles. The summed E-state index contributed by atoms with van der Waals surface area (Å²) in [5.41, 5.74) is 6.84. The van der Waals surface area contributed by atoms with E-state index in [0.717, 1.165) is 31.9 Å². The van der Waals surface area contributed by atoms with Gasteiger partial charge in [0, 0.05) is 26.2 Å². The number of para-hydroxylation sites is 1. The predicted octanol–water partition coefficient (Wildman–Crippen LogP) is 1.17. The van der Waals surface area contributed by atoms with Crippen molar-refractivity contribution in [2.24, 2.45) is 10.7 Å². The van der Waals surface area contributed by atoms with Gasteiger partial charge < -0.3 is 21.1 Å². The molecule has 6 nitrogen and oxygen atoms in total. The first-order chi connectivity index (χ1) is 10.3. The molecule has 1 aliphatic rings. The monoisotopic (exact) mass is 318 g/mol. The molecule has 1 fully saturated rings. The number of halogens is 3. The van der Waals surface area contributed by atoms with Crippen LogP contribution in [-0.2, 0) is 4.79 Å². The first-order valence-corrected chi connectivity index (χ1v) is 6.45. The van der Waals surface area contributed by atoms with Gasteiger partial charge in [0.1, 0.15) is 0 Å². The number of aliphatic imine (C=N–C) groups is 1. The van der Waals surface area contributed by atoms with E-state index in [1.807, 2.05) is 30.3 Å². The van der Waals surface area contributed by atoms with E-state index in [-0.39, 0.29) is 0 Å². The van der Waals surface area contributed by atoms with Gasteiger partial charge in [-0.15, -0.1) is 0 Å². The Morgan fingerprint density at radius 1 is 1.23 bits per heavy atom. The molecule has 0 bridgehead atoms. The highest BCUT2D eigenvalue weighted by Gasteiger charge is 2.38. The molecule has 0 unspecified atom stereocenters. The van der Waals surface area contributed by atoms with Gasteiger partial charge in [-0.1, -0.05) is 18.2 Å². The number of aliphatic carboxylic acids is 1. The number of nitrogens with zero attached hydrogens (tertiary/aromatic N) is 2. The molecule has 2 rings (SSSR count). The van der Waals surface area contributed by atoms with Crippen LogP contribution in [0, 0.1) is 0 Å². The average molecular weight is 318 g/mol. The van der Waals surface area contributed by atoms with Crippen LogP contribution in [0.1, 0.15) is 0 Å². The number of benzene rings is 1. The first-order valence-electron chi connectivity index (χ1n) is 6.45. The van der Waals surface area contributed by atoms with Gasteiger partial charge in [-0.2, -0.15) is 13.2 Å². The SMILES string of the molecule is NC(=Nc1ccccc1)N1CCNCC1.O=C(O)C(F)(F)F. The Labute approximate surface area is 125 Å². The smallest absolute Gasteiger partial charge is 0.475 e. The zero-order valence-corrected chi connectivity index (χ0v) is 11.7. The fourth-order valence-electron chi connectivity index (χ4n) is 1.60. The minimum Gasteiger partial charge on any atom is -0.475 e.